The van der Waals surface area contributed by atoms with Crippen molar-refractivity contribution < 1.29 is 4.74 Å². The van der Waals surface area contributed by atoms with Gasteiger partial charge in [0.15, 0.2) is 0 Å². The fourth-order valence-electron chi connectivity index (χ4n) is 1.20. The van der Waals surface area contributed by atoms with Crippen LogP contribution in [0, 0.1) is 0 Å². The zero-order valence-corrected chi connectivity index (χ0v) is 9.36. The van der Waals surface area contributed by atoms with Gasteiger partial charge in [0.05, 0.1) is 0 Å². The van der Waals surface area contributed by atoms with E-state index < -0.39 is 0 Å². The standard InChI is InChI=1S/C10H11N3OS/c1-7(2)8-4-3-5-9(6-8)14-10-11-12-13-15-10/h3-7H,1-2H3. The lowest BCUT2D eigenvalue weighted by Gasteiger charge is -2.06. The fourth-order valence-corrected chi connectivity index (χ4v) is 1.55. The van der Waals surface area contributed by atoms with Crippen LogP contribution in [0.2, 0.25) is 0 Å². The summed E-state index contributed by atoms with van der Waals surface area (Å²) in [6, 6.07) is 7.95. The third-order valence-electron chi connectivity index (χ3n) is 2.01. The number of hydrogen-bond donors (Lipinski definition) is 0. The minimum Gasteiger partial charge on any atom is -0.429 e. The number of nitrogens with zero attached hydrogens (tertiary/aromatic N) is 3. The van der Waals surface area contributed by atoms with Crippen LogP contribution in [-0.2, 0) is 0 Å². The summed E-state index contributed by atoms with van der Waals surface area (Å²) in [5.74, 6) is 1.26. The van der Waals surface area contributed by atoms with Crippen molar-refractivity contribution in [2.45, 2.75) is 19.8 Å². The van der Waals surface area contributed by atoms with Crippen molar-refractivity contribution in [2.24, 2.45) is 0 Å². The first kappa shape index (κ1) is 10.0. The van der Waals surface area contributed by atoms with Crippen molar-refractivity contribution >= 4 is 11.5 Å². The summed E-state index contributed by atoms with van der Waals surface area (Å²) in [7, 11) is 0. The number of aromatic nitrogens is 3. The van der Waals surface area contributed by atoms with Crippen LogP contribution in [0.15, 0.2) is 24.3 Å². The van der Waals surface area contributed by atoms with E-state index >= 15 is 0 Å². The summed E-state index contributed by atoms with van der Waals surface area (Å²) in [4.78, 5) is 0. The molecule has 0 spiro atoms. The molecule has 2 rings (SSSR count). The number of ether oxygens (including phenoxy) is 1. The molecular weight excluding hydrogens is 210 g/mol. The molecule has 0 N–H and O–H groups in total. The second kappa shape index (κ2) is 4.35. The highest BCUT2D eigenvalue weighted by Crippen LogP contribution is 2.24. The largest absolute Gasteiger partial charge is 0.429 e. The van der Waals surface area contributed by atoms with Gasteiger partial charge in [-0.05, 0) is 28.8 Å². The van der Waals surface area contributed by atoms with Crippen molar-refractivity contribution in [2.75, 3.05) is 0 Å². The molecule has 0 unspecified atom stereocenters. The van der Waals surface area contributed by atoms with Crippen LogP contribution >= 0.6 is 11.5 Å². The van der Waals surface area contributed by atoms with Crippen molar-refractivity contribution in [1.29, 1.82) is 0 Å². The minimum atomic E-state index is 0.468. The number of hydrogen-bond acceptors (Lipinski definition) is 5. The van der Waals surface area contributed by atoms with Crippen LogP contribution in [-0.4, -0.2) is 14.8 Å². The van der Waals surface area contributed by atoms with E-state index in [0.29, 0.717) is 11.1 Å². The molecule has 78 valence electrons. The average Bonchev–Trinajstić information content (AvgIpc) is 2.71. The highest BCUT2D eigenvalue weighted by atomic mass is 32.1. The van der Waals surface area contributed by atoms with Gasteiger partial charge in [0.25, 0.3) is 0 Å². The van der Waals surface area contributed by atoms with Gasteiger partial charge < -0.3 is 4.74 Å². The topological polar surface area (TPSA) is 47.9 Å². The molecule has 0 atom stereocenters. The third kappa shape index (κ3) is 2.50. The Kier molecular flexibility index (Phi) is 2.91. The van der Waals surface area contributed by atoms with E-state index in [1.54, 1.807) is 0 Å². The van der Waals surface area contributed by atoms with Gasteiger partial charge in [0.2, 0.25) is 0 Å². The normalized spacial score (nSPS) is 10.6. The quantitative estimate of drug-likeness (QED) is 0.799. The van der Waals surface area contributed by atoms with Gasteiger partial charge in [-0.15, -0.1) is 0 Å². The molecule has 1 aromatic heterocycles. The lowest BCUT2D eigenvalue weighted by molar-refractivity contribution is 0.471. The second-order valence-corrected chi connectivity index (χ2v) is 4.15. The maximum atomic E-state index is 5.49. The highest BCUT2D eigenvalue weighted by molar-refractivity contribution is 7.07. The monoisotopic (exact) mass is 221 g/mol. The molecule has 0 fully saturated rings. The van der Waals surface area contributed by atoms with Crippen molar-refractivity contribution in [1.82, 2.24) is 14.8 Å². The Morgan fingerprint density at radius 3 is 2.87 bits per heavy atom. The SMILES string of the molecule is CC(C)c1cccc(Oc2nnns2)c1. The first-order chi connectivity index (χ1) is 7.25. The first-order valence-electron chi connectivity index (χ1n) is 4.68. The minimum absolute atomic E-state index is 0.468. The van der Waals surface area contributed by atoms with E-state index in [1.807, 2.05) is 18.2 Å². The van der Waals surface area contributed by atoms with E-state index in [9.17, 15) is 0 Å². The summed E-state index contributed by atoms with van der Waals surface area (Å²) >= 11 is 1.14. The van der Waals surface area contributed by atoms with Gasteiger partial charge in [-0.1, -0.05) is 35.6 Å². The number of benzene rings is 1. The lowest BCUT2D eigenvalue weighted by atomic mass is 10.0. The molecular formula is C10H11N3OS. The van der Waals surface area contributed by atoms with E-state index in [1.165, 1.54) is 5.56 Å². The van der Waals surface area contributed by atoms with Gasteiger partial charge in [0, 0.05) is 11.5 Å². The smallest absolute Gasteiger partial charge is 0.319 e. The first-order valence-corrected chi connectivity index (χ1v) is 5.46. The molecule has 2 aromatic rings. The Morgan fingerprint density at radius 1 is 1.33 bits per heavy atom. The molecule has 0 radical (unpaired) electrons. The maximum absolute atomic E-state index is 5.49. The van der Waals surface area contributed by atoms with Crippen LogP contribution in [0.1, 0.15) is 25.3 Å². The van der Waals surface area contributed by atoms with Gasteiger partial charge in [-0.25, -0.2) is 0 Å². The summed E-state index contributed by atoms with van der Waals surface area (Å²) in [5.41, 5.74) is 1.24. The molecule has 0 aliphatic rings. The second-order valence-electron chi connectivity index (χ2n) is 3.46. The fraction of sp³-hybridized carbons (Fsp3) is 0.300. The number of rotatable bonds is 3. The molecule has 1 heterocycles. The van der Waals surface area contributed by atoms with Crippen LogP contribution in [0.3, 0.4) is 0 Å². The maximum Gasteiger partial charge on any atom is 0.319 e. The van der Waals surface area contributed by atoms with E-state index in [4.69, 9.17) is 4.74 Å². The molecule has 0 amide bonds. The Hall–Kier alpha value is -1.49. The van der Waals surface area contributed by atoms with E-state index in [2.05, 4.69) is 34.7 Å². The Labute approximate surface area is 92.1 Å². The van der Waals surface area contributed by atoms with E-state index in [-0.39, 0.29) is 0 Å². The summed E-state index contributed by atoms with van der Waals surface area (Å²) < 4.78 is 9.12. The Balaban J connectivity index is 2.18. The molecule has 15 heavy (non-hydrogen) atoms. The van der Waals surface area contributed by atoms with E-state index in [0.717, 1.165) is 17.3 Å². The van der Waals surface area contributed by atoms with Gasteiger partial charge >= 0.3 is 5.19 Å². The Bertz CT molecular complexity index is 428. The van der Waals surface area contributed by atoms with Crippen molar-refractivity contribution in [3.05, 3.63) is 29.8 Å². The molecule has 0 saturated carbocycles. The molecule has 0 saturated heterocycles. The molecule has 4 nitrogen and oxygen atoms in total. The molecule has 0 aliphatic carbocycles. The zero-order chi connectivity index (χ0) is 10.7. The van der Waals surface area contributed by atoms with Crippen molar-refractivity contribution in [3.63, 3.8) is 0 Å². The van der Waals surface area contributed by atoms with Crippen LogP contribution in [0.4, 0.5) is 0 Å². The Morgan fingerprint density at radius 2 is 2.20 bits per heavy atom. The third-order valence-corrected chi connectivity index (χ3v) is 2.49. The predicted molar refractivity (Wildman–Crippen MR) is 58.3 cm³/mol. The molecule has 0 aliphatic heterocycles. The van der Waals surface area contributed by atoms with Crippen molar-refractivity contribution in [3.8, 4) is 10.9 Å². The predicted octanol–water partition coefficient (Wildman–Crippen LogP) is 2.85. The summed E-state index contributed by atoms with van der Waals surface area (Å²) in [6.07, 6.45) is 0. The average molecular weight is 221 g/mol. The van der Waals surface area contributed by atoms with Crippen LogP contribution in [0.5, 0.6) is 10.9 Å². The van der Waals surface area contributed by atoms with Gasteiger partial charge in [-0.2, -0.15) is 0 Å². The van der Waals surface area contributed by atoms with Crippen LogP contribution < -0.4 is 4.74 Å². The highest BCUT2D eigenvalue weighted by Gasteiger charge is 2.04. The zero-order valence-electron chi connectivity index (χ0n) is 8.54. The molecule has 5 heteroatoms. The van der Waals surface area contributed by atoms with Gasteiger partial charge in [-0.3, -0.25) is 0 Å². The molecule has 1 aromatic carbocycles. The molecule has 0 bridgehead atoms. The summed E-state index contributed by atoms with van der Waals surface area (Å²) in [5, 5.41) is 7.66. The summed E-state index contributed by atoms with van der Waals surface area (Å²) in [6.45, 7) is 4.29. The van der Waals surface area contributed by atoms with Gasteiger partial charge in [0.1, 0.15) is 5.75 Å². The van der Waals surface area contributed by atoms with Crippen LogP contribution in [0.25, 0.3) is 0 Å². The lowest BCUT2D eigenvalue weighted by Crippen LogP contribution is -1.89.